The average molecular weight is 267 g/mol. The highest BCUT2D eigenvalue weighted by atomic mass is 32.2. The fourth-order valence-corrected chi connectivity index (χ4v) is 4.03. The molecule has 1 aliphatic rings. The van der Waals surface area contributed by atoms with Crippen LogP contribution in [-0.4, -0.2) is 26.0 Å². The molecule has 2 atom stereocenters. The molecule has 3 nitrogen and oxygen atoms in total. The minimum Gasteiger partial charge on any atom is -0.309 e. The Kier molecular flexibility index (Phi) is 4.07. The van der Waals surface area contributed by atoms with Gasteiger partial charge in [0.15, 0.2) is 9.84 Å². The molecule has 1 saturated heterocycles. The first-order valence-corrected chi connectivity index (χ1v) is 8.30. The van der Waals surface area contributed by atoms with Crippen LogP contribution in [0.25, 0.3) is 0 Å². The van der Waals surface area contributed by atoms with E-state index >= 15 is 0 Å². The molecule has 0 saturated carbocycles. The summed E-state index contributed by atoms with van der Waals surface area (Å²) in [5, 5.41) is 3.01. The fraction of sp³-hybridized carbons (Fsp3) is 0.571. The second-order valence-electron chi connectivity index (χ2n) is 4.95. The second-order valence-corrected chi connectivity index (χ2v) is 7.43. The van der Waals surface area contributed by atoms with Gasteiger partial charge in [-0.3, -0.25) is 0 Å². The Labute approximate surface area is 110 Å². The second kappa shape index (κ2) is 5.41. The van der Waals surface area contributed by atoms with Crippen molar-refractivity contribution in [1.82, 2.24) is 5.32 Å². The molecule has 2 rings (SSSR count). The van der Waals surface area contributed by atoms with Crippen molar-refractivity contribution in [2.24, 2.45) is 0 Å². The summed E-state index contributed by atoms with van der Waals surface area (Å²) in [6.45, 7) is 4.70. The smallest absolute Gasteiger partial charge is 0.154 e. The molecule has 100 valence electrons. The van der Waals surface area contributed by atoms with Crippen molar-refractivity contribution in [2.75, 3.05) is 12.3 Å². The molecule has 1 N–H and O–H groups in total. The summed E-state index contributed by atoms with van der Waals surface area (Å²) in [7, 11) is -2.97. The molecule has 2 unspecified atom stereocenters. The molecule has 0 amide bonds. The Morgan fingerprint density at radius 1 is 1.28 bits per heavy atom. The van der Waals surface area contributed by atoms with Crippen molar-refractivity contribution in [3.63, 3.8) is 0 Å². The summed E-state index contributed by atoms with van der Waals surface area (Å²) >= 11 is 0. The summed E-state index contributed by atoms with van der Waals surface area (Å²) in [5.74, 6) is 0.296. The van der Waals surface area contributed by atoms with Crippen molar-refractivity contribution < 1.29 is 8.42 Å². The van der Waals surface area contributed by atoms with Crippen molar-refractivity contribution in [2.45, 2.75) is 38.0 Å². The third kappa shape index (κ3) is 2.75. The van der Waals surface area contributed by atoms with E-state index in [1.165, 1.54) is 5.56 Å². The predicted octanol–water partition coefficient (Wildman–Crippen LogP) is 2.09. The predicted molar refractivity (Wildman–Crippen MR) is 74.4 cm³/mol. The first-order chi connectivity index (χ1) is 8.54. The molecule has 0 bridgehead atoms. The van der Waals surface area contributed by atoms with Gasteiger partial charge in [0.05, 0.1) is 11.0 Å². The Morgan fingerprint density at radius 3 is 2.56 bits per heavy atom. The lowest BCUT2D eigenvalue weighted by Crippen LogP contribution is -2.33. The number of hydrogen-bond donors (Lipinski definition) is 1. The van der Waals surface area contributed by atoms with Gasteiger partial charge >= 0.3 is 0 Å². The molecule has 4 heteroatoms. The van der Waals surface area contributed by atoms with Crippen molar-refractivity contribution >= 4 is 9.84 Å². The molecule has 1 fully saturated rings. The lowest BCUT2D eigenvalue weighted by atomic mass is 10.0. The van der Waals surface area contributed by atoms with Crippen molar-refractivity contribution in [1.29, 1.82) is 0 Å². The van der Waals surface area contributed by atoms with E-state index < -0.39 is 9.84 Å². The molecular formula is C14H21NO2S. The van der Waals surface area contributed by atoms with Crippen LogP contribution in [0.4, 0.5) is 0 Å². The van der Waals surface area contributed by atoms with Crippen LogP contribution in [0, 0.1) is 0 Å². The highest BCUT2D eigenvalue weighted by molar-refractivity contribution is 7.92. The van der Waals surface area contributed by atoms with Gasteiger partial charge in [0, 0.05) is 6.04 Å². The SMILES string of the molecule is CCc1ccc(C2NCCCS(=O)(=O)C2C)cc1. The number of benzene rings is 1. The van der Waals surface area contributed by atoms with E-state index in [0.717, 1.165) is 18.5 Å². The van der Waals surface area contributed by atoms with E-state index in [9.17, 15) is 8.42 Å². The van der Waals surface area contributed by atoms with E-state index in [-0.39, 0.29) is 11.3 Å². The Balaban J connectivity index is 2.29. The van der Waals surface area contributed by atoms with E-state index in [2.05, 4.69) is 24.4 Å². The third-order valence-electron chi connectivity index (χ3n) is 3.75. The average Bonchev–Trinajstić information content (AvgIpc) is 2.50. The monoisotopic (exact) mass is 267 g/mol. The van der Waals surface area contributed by atoms with Crippen LogP contribution >= 0.6 is 0 Å². The number of aryl methyl sites for hydroxylation is 1. The molecule has 1 aliphatic heterocycles. The molecule has 1 aromatic rings. The fourth-order valence-electron chi connectivity index (χ4n) is 2.44. The van der Waals surface area contributed by atoms with Crippen LogP contribution in [0.15, 0.2) is 24.3 Å². The van der Waals surface area contributed by atoms with Crippen LogP contribution in [0.3, 0.4) is 0 Å². The zero-order valence-corrected chi connectivity index (χ0v) is 11.8. The standard InChI is InChI=1S/C14H21NO2S/c1-3-12-5-7-13(8-6-12)14-11(2)18(16,17)10-4-9-15-14/h5-8,11,14-15H,3-4,9-10H2,1-2H3. The van der Waals surface area contributed by atoms with E-state index in [1.807, 2.05) is 19.1 Å². The number of sulfone groups is 1. The maximum absolute atomic E-state index is 12.1. The largest absolute Gasteiger partial charge is 0.309 e. The Bertz CT molecular complexity index is 493. The molecular weight excluding hydrogens is 246 g/mol. The summed E-state index contributed by atoms with van der Waals surface area (Å²) in [5.41, 5.74) is 2.35. The van der Waals surface area contributed by atoms with E-state index in [0.29, 0.717) is 12.2 Å². The highest BCUT2D eigenvalue weighted by Gasteiger charge is 2.32. The van der Waals surface area contributed by atoms with Gasteiger partial charge in [-0.25, -0.2) is 8.42 Å². The zero-order valence-electron chi connectivity index (χ0n) is 11.0. The lowest BCUT2D eigenvalue weighted by molar-refractivity contribution is 0.520. The Morgan fingerprint density at radius 2 is 1.94 bits per heavy atom. The summed E-state index contributed by atoms with van der Waals surface area (Å²) in [4.78, 5) is 0. The van der Waals surface area contributed by atoms with Gasteiger partial charge in [-0.05, 0) is 37.4 Å². The topological polar surface area (TPSA) is 46.2 Å². The minimum atomic E-state index is -2.97. The van der Waals surface area contributed by atoms with Crippen molar-refractivity contribution in [3.05, 3.63) is 35.4 Å². The molecule has 0 aromatic heterocycles. The van der Waals surface area contributed by atoms with E-state index in [1.54, 1.807) is 0 Å². The van der Waals surface area contributed by atoms with E-state index in [4.69, 9.17) is 0 Å². The normalized spacial score (nSPS) is 27.7. The Hall–Kier alpha value is -0.870. The molecule has 1 aromatic carbocycles. The van der Waals surface area contributed by atoms with Gasteiger partial charge in [0.25, 0.3) is 0 Å². The van der Waals surface area contributed by atoms with Gasteiger partial charge in [0.1, 0.15) is 0 Å². The summed E-state index contributed by atoms with van der Waals surface area (Å²) in [6.07, 6.45) is 1.71. The first-order valence-electron chi connectivity index (χ1n) is 6.58. The maximum atomic E-state index is 12.1. The third-order valence-corrected chi connectivity index (χ3v) is 6.02. The molecule has 18 heavy (non-hydrogen) atoms. The number of rotatable bonds is 2. The zero-order chi connectivity index (χ0) is 13.2. The molecule has 0 aliphatic carbocycles. The van der Waals surface area contributed by atoms with Crippen molar-refractivity contribution in [3.8, 4) is 0 Å². The lowest BCUT2D eigenvalue weighted by Gasteiger charge is -2.22. The maximum Gasteiger partial charge on any atom is 0.154 e. The van der Waals surface area contributed by atoms with Gasteiger partial charge in [0.2, 0.25) is 0 Å². The quantitative estimate of drug-likeness (QED) is 0.892. The molecule has 1 heterocycles. The van der Waals surface area contributed by atoms with Crippen LogP contribution in [0.1, 0.15) is 37.4 Å². The van der Waals surface area contributed by atoms with Crippen LogP contribution in [0.2, 0.25) is 0 Å². The highest BCUT2D eigenvalue weighted by Crippen LogP contribution is 2.25. The van der Waals surface area contributed by atoms with Gasteiger partial charge < -0.3 is 5.32 Å². The van der Waals surface area contributed by atoms with Gasteiger partial charge in [-0.2, -0.15) is 0 Å². The first kappa shape index (κ1) is 13.6. The van der Waals surface area contributed by atoms with Gasteiger partial charge in [-0.15, -0.1) is 0 Å². The molecule has 0 radical (unpaired) electrons. The minimum absolute atomic E-state index is 0.0802. The molecule has 0 spiro atoms. The number of nitrogens with one attached hydrogen (secondary N) is 1. The van der Waals surface area contributed by atoms with Crippen LogP contribution in [0.5, 0.6) is 0 Å². The summed E-state index contributed by atoms with van der Waals surface area (Å²) < 4.78 is 24.1. The van der Waals surface area contributed by atoms with Crippen LogP contribution < -0.4 is 5.32 Å². The number of hydrogen-bond acceptors (Lipinski definition) is 3. The summed E-state index contributed by atoms with van der Waals surface area (Å²) in [6, 6.07) is 8.19. The van der Waals surface area contributed by atoms with Gasteiger partial charge in [-0.1, -0.05) is 31.2 Å². The van der Waals surface area contributed by atoms with Crippen LogP contribution in [-0.2, 0) is 16.3 Å².